The molecule has 0 radical (unpaired) electrons. The van der Waals surface area contributed by atoms with Gasteiger partial charge in [0.15, 0.2) is 0 Å². The predicted molar refractivity (Wildman–Crippen MR) is 40.1 cm³/mol. The Kier molecular flexibility index (Phi) is 19.8. The average Bonchev–Trinajstić information content (AvgIpc) is 1.91. The molecule has 4 heteroatoms. The van der Waals surface area contributed by atoms with Crippen LogP contribution in [0.2, 0.25) is 0 Å². The first kappa shape index (κ1) is 12.5. The van der Waals surface area contributed by atoms with Gasteiger partial charge in [-0.1, -0.05) is 26.2 Å². The van der Waals surface area contributed by atoms with Crippen molar-refractivity contribution < 1.29 is 13.5 Å². The third-order valence-electron chi connectivity index (χ3n) is 1.01. The molecule has 0 aromatic heterocycles. The molecule has 0 saturated heterocycles. The number of aliphatic hydroxyl groups excluding tert-OH is 1. The number of aliphatic hydroxyl groups is 1. The average molecular weight is 166 g/mol. The van der Waals surface area contributed by atoms with Gasteiger partial charge in [-0.2, -0.15) is 8.42 Å². The maximum absolute atomic E-state index is 8.29. The molecular formula is C6H14O3S. The smallest absolute Gasteiger partial charge is 0.335 e. The summed E-state index contributed by atoms with van der Waals surface area (Å²) in [6.45, 7) is 2.53. The quantitative estimate of drug-likeness (QED) is 0.631. The van der Waals surface area contributed by atoms with E-state index in [-0.39, 0.29) is 0 Å². The van der Waals surface area contributed by atoms with Gasteiger partial charge in [-0.3, -0.25) is 0 Å². The fourth-order valence-electron chi connectivity index (χ4n) is 0.539. The first-order chi connectivity index (χ1) is 4.83. The van der Waals surface area contributed by atoms with Crippen molar-refractivity contribution in [3.8, 4) is 0 Å². The summed E-state index contributed by atoms with van der Waals surface area (Å²) in [7, 11) is 0. The topological polar surface area (TPSA) is 54.4 Å². The van der Waals surface area contributed by atoms with Crippen LogP contribution in [0.1, 0.15) is 32.6 Å². The Morgan fingerprint density at radius 1 is 1.20 bits per heavy atom. The molecular weight excluding hydrogens is 152 g/mol. The summed E-state index contributed by atoms with van der Waals surface area (Å²) >= 11 is -0.750. The molecule has 3 nitrogen and oxygen atoms in total. The van der Waals surface area contributed by atoms with Gasteiger partial charge in [0, 0.05) is 6.61 Å². The highest BCUT2D eigenvalue weighted by Crippen LogP contribution is 1.95. The molecule has 0 bridgehead atoms. The van der Waals surface area contributed by atoms with Crippen molar-refractivity contribution in [2.75, 3.05) is 6.61 Å². The second-order valence-electron chi connectivity index (χ2n) is 1.85. The van der Waals surface area contributed by atoms with Crippen molar-refractivity contribution in [3.63, 3.8) is 0 Å². The van der Waals surface area contributed by atoms with Gasteiger partial charge < -0.3 is 5.11 Å². The van der Waals surface area contributed by atoms with Crippen molar-refractivity contribution >= 4 is 11.6 Å². The van der Waals surface area contributed by atoms with Gasteiger partial charge in [0.05, 0.1) is 0 Å². The van der Waals surface area contributed by atoms with Crippen molar-refractivity contribution in [3.05, 3.63) is 0 Å². The second-order valence-corrected chi connectivity index (χ2v) is 1.99. The third-order valence-corrected chi connectivity index (χ3v) is 1.01. The molecule has 0 heterocycles. The van der Waals surface area contributed by atoms with Gasteiger partial charge in [0.25, 0.3) is 0 Å². The molecule has 1 N–H and O–H groups in total. The third kappa shape index (κ3) is 25.0. The summed E-state index contributed by atoms with van der Waals surface area (Å²) in [6.07, 6.45) is 4.68. The Morgan fingerprint density at radius 2 is 1.70 bits per heavy atom. The van der Waals surface area contributed by atoms with E-state index < -0.39 is 11.6 Å². The molecule has 0 aromatic rings. The number of unbranched alkanes of at least 4 members (excludes halogenated alkanes) is 3. The van der Waals surface area contributed by atoms with Crippen molar-refractivity contribution in [1.82, 2.24) is 0 Å². The summed E-state index contributed by atoms with van der Waals surface area (Å²) in [5, 5.41) is 8.29. The second kappa shape index (κ2) is 15.9. The van der Waals surface area contributed by atoms with Crippen LogP contribution in [-0.2, 0) is 11.6 Å². The van der Waals surface area contributed by atoms with Crippen LogP contribution < -0.4 is 0 Å². The maximum Gasteiger partial charge on any atom is 0.335 e. The van der Waals surface area contributed by atoms with E-state index in [9.17, 15) is 0 Å². The Hall–Kier alpha value is -0.220. The van der Waals surface area contributed by atoms with Crippen LogP contribution in [0.25, 0.3) is 0 Å². The molecule has 0 aromatic carbocycles. The Balaban J connectivity index is 0. The van der Waals surface area contributed by atoms with E-state index in [1.165, 1.54) is 19.3 Å². The van der Waals surface area contributed by atoms with E-state index in [0.717, 1.165) is 6.42 Å². The molecule has 62 valence electrons. The predicted octanol–water partition coefficient (Wildman–Crippen LogP) is 0.889. The zero-order valence-electron chi connectivity index (χ0n) is 6.21. The van der Waals surface area contributed by atoms with Gasteiger partial charge in [-0.05, 0) is 6.42 Å². The van der Waals surface area contributed by atoms with Gasteiger partial charge in [-0.25, -0.2) is 0 Å². The van der Waals surface area contributed by atoms with E-state index in [2.05, 4.69) is 6.92 Å². The summed E-state index contributed by atoms with van der Waals surface area (Å²) in [4.78, 5) is 0. The summed E-state index contributed by atoms with van der Waals surface area (Å²) < 4.78 is 16.6. The monoisotopic (exact) mass is 166 g/mol. The summed E-state index contributed by atoms with van der Waals surface area (Å²) in [5.41, 5.74) is 0. The highest BCUT2D eigenvalue weighted by atomic mass is 32.1. The van der Waals surface area contributed by atoms with E-state index >= 15 is 0 Å². The highest BCUT2D eigenvalue weighted by Gasteiger charge is 1.80. The highest BCUT2D eigenvalue weighted by molar-refractivity contribution is 7.51. The lowest BCUT2D eigenvalue weighted by Gasteiger charge is -1.90. The first-order valence-electron chi connectivity index (χ1n) is 3.36. The van der Waals surface area contributed by atoms with Crippen LogP contribution in [0.3, 0.4) is 0 Å². The molecule has 0 rings (SSSR count). The molecule has 10 heavy (non-hydrogen) atoms. The Labute approximate surface area is 65.1 Å². The maximum atomic E-state index is 8.29. The molecule has 0 aliphatic carbocycles. The zero-order chi connectivity index (χ0) is 8.24. The van der Waals surface area contributed by atoms with Crippen molar-refractivity contribution in [2.24, 2.45) is 0 Å². The van der Waals surface area contributed by atoms with Crippen LogP contribution in [-0.4, -0.2) is 20.1 Å². The minimum atomic E-state index is -0.750. The fraction of sp³-hybridized carbons (Fsp3) is 1.00. The lowest BCUT2D eigenvalue weighted by atomic mass is 10.2. The van der Waals surface area contributed by atoms with Crippen molar-refractivity contribution in [1.29, 1.82) is 0 Å². The van der Waals surface area contributed by atoms with Crippen LogP contribution in [0, 0.1) is 0 Å². The van der Waals surface area contributed by atoms with Crippen LogP contribution >= 0.6 is 0 Å². The lowest BCUT2D eigenvalue weighted by Crippen LogP contribution is -1.80. The minimum Gasteiger partial charge on any atom is -0.396 e. The molecule has 0 unspecified atom stereocenters. The number of hydrogen-bond donors (Lipinski definition) is 1. The molecule has 0 saturated carbocycles. The van der Waals surface area contributed by atoms with Crippen LogP contribution in [0.4, 0.5) is 0 Å². The standard InChI is InChI=1S/C6H14O.O2S/c1-2-3-4-5-6-7;1-3-2/h7H,2-6H2,1H3;. The van der Waals surface area contributed by atoms with Gasteiger partial charge in [0.2, 0.25) is 0 Å². The van der Waals surface area contributed by atoms with Crippen LogP contribution in [0.15, 0.2) is 0 Å². The zero-order valence-corrected chi connectivity index (χ0v) is 7.02. The molecule has 0 spiro atoms. The largest absolute Gasteiger partial charge is 0.396 e. The van der Waals surface area contributed by atoms with E-state index in [1.54, 1.807) is 0 Å². The van der Waals surface area contributed by atoms with E-state index in [0.29, 0.717) is 6.61 Å². The molecule has 0 atom stereocenters. The molecule has 0 aliphatic heterocycles. The molecule has 0 fully saturated rings. The Morgan fingerprint density at radius 3 is 2.00 bits per heavy atom. The van der Waals surface area contributed by atoms with Gasteiger partial charge in [-0.15, -0.1) is 0 Å². The van der Waals surface area contributed by atoms with Crippen LogP contribution in [0.5, 0.6) is 0 Å². The van der Waals surface area contributed by atoms with Gasteiger partial charge >= 0.3 is 11.6 Å². The lowest BCUT2D eigenvalue weighted by molar-refractivity contribution is 0.283. The fourth-order valence-corrected chi connectivity index (χ4v) is 0.539. The van der Waals surface area contributed by atoms with E-state index in [1.807, 2.05) is 0 Å². The molecule has 0 amide bonds. The number of rotatable bonds is 4. The minimum absolute atomic E-state index is 0.361. The molecule has 0 aliphatic rings. The summed E-state index contributed by atoms with van der Waals surface area (Å²) in [5.74, 6) is 0. The first-order valence-corrected chi connectivity index (χ1v) is 4.02. The van der Waals surface area contributed by atoms with Gasteiger partial charge in [0.1, 0.15) is 0 Å². The number of hydrogen-bond acceptors (Lipinski definition) is 3. The van der Waals surface area contributed by atoms with Crippen molar-refractivity contribution in [2.45, 2.75) is 32.6 Å². The van der Waals surface area contributed by atoms with E-state index in [4.69, 9.17) is 13.5 Å². The SMILES string of the molecule is CCCCCCO.O=S=O. The Bertz CT molecular complexity index is 75.1. The normalized spacial score (nSPS) is 7.80. The summed E-state index contributed by atoms with van der Waals surface area (Å²) in [6, 6.07) is 0.